The summed E-state index contributed by atoms with van der Waals surface area (Å²) in [6, 6.07) is 10.4. The second kappa shape index (κ2) is 3.95. The van der Waals surface area contributed by atoms with Crippen LogP contribution in [0.15, 0.2) is 43.0 Å². The maximum absolute atomic E-state index is 5.44. The molecule has 76 valence electrons. The number of benzene rings is 1. The lowest BCUT2D eigenvalue weighted by Gasteiger charge is -2.12. The first-order chi connectivity index (χ1) is 6.85. The summed E-state index contributed by atoms with van der Waals surface area (Å²) < 4.78 is 5.44. The van der Waals surface area contributed by atoms with E-state index in [4.69, 9.17) is 4.74 Å². The van der Waals surface area contributed by atoms with Crippen molar-refractivity contribution in [2.24, 2.45) is 0 Å². The fourth-order valence-electron chi connectivity index (χ4n) is 1.54. The molecule has 1 aromatic rings. The van der Waals surface area contributed by atoms with E-state index in [0.29, 0.717) is 0 Å². The molecule has 0 bridgehead atoms. The average molecular weight is 191 g/mol. The van der Waals surface area contributed by atoms with Crippen LogP contribution in [0.3, 0.4) is 0 Å². The first-order valence-electron chi connectivity index (χ1n) is 4.88. The Morgan fingerprint density at radius 1 is 1.50 bits per heavy atom. The van der Waals surface area contributed by atoms with E-state index in [0.717, 1.165) is 19.6 Å². The van der Waals surface area contributed by atoms with Crippen LogP contribution in [0.4, 0.5) is 0 Å². The molecule has 0 radical (unpaired) electrons. The van der Waals surface area contributed by atoms with Crippen LogP contribution in [-0.4, -0.2) is 18.9 Å². The third-order valence-electron chi connectivity index (χ3n) is 2.39. The summed E-state index contributed by atoms with van der Waals surface area (Å²) in [5.41, 5.74) is 1.19. The van der Waals surface area contributed by atoms with Gasteiger partial charge in [-0.15, -0.1) is 6.58 Å². The van der Waals surface area contributed by atoms with Gasteiger partial charge in [0.1, 0.15) is 5.72 Å². The van der Waals surface area contributed by atoms with Gasteiger partial charge in [-0.1, -0.05) is 36.4 Å². The summed E-state index contributed by atoms with van der Waals surface area (Å²) in [7, 11) is 0. The van der Waals surface area contributed by atoms with E-state index in [-0.39, 0.29) is 7.15 Å². The number of hydrogen-bond donors (Lipinski definition) is 1. The quantitative estimate of drug-likeness (QED) is 0.568. The Hall–Kier alpha value is -1.12. The van der Waals surface area contributed by atoms with Crippen molar-refractivity contribution in [2.45, 2.75) is 12.1 Å². The molecule has 1 fully saturated rings. The van der Waals surface area contributed by atoms with Crippen LogP contribution in [0, 0.1) is 0 Å². The van der Waals surface area contributed by atoms with Crippen LogP contribution in [0.25, 0.3) is 0 Å². The van der Waals surface area contributed by atoms with Crippen LogP contribution in [0.2, 0.25) is 0 Å². The molecular formula is C12H17NO. The highest BCUT2D eigenvalue weighted by molar-refractivity contribution is 5.18. The van der Waals surface area contributed by atoms with Crippen LogP contribution in [0.5, 0.6) is 0 Å². The fourth-order valence-corrected chi connectivity index (χ4v) is 1.54. The number of nitrogens with one attached hydrogen (secondary N) is 1. The van der Waals surface area contributed by atoms with E-state index in [2.05, 4.69) is 36.2 Å². The van der Waals surface area contributed by atoms with Gasteiger partial charge in [0, 0.05) is 14.4 Å². The van der Waals surface area contributed by atoms with Crippen molar-refractivity contribution in [2.75, 3.05) is 13.2 Å². The van der Waals surface area contributed by atoms with Gasteiger partial charge in [0.2, 0.25) is 0 Å². The highest BCUT2D eigenvalue weighted by Crippen LogP contribution is 2.27. The van der Waals surface area contributed by atoms with Crippen molar-refractivity contribution in [3.63, 3.8) is 0 Å². The van der Waals surface area contributed by atoms with E-state index in [1.54, 1.807) is 0 Å². The van der Waals surface area contributed by atoms with Crippen LogP contribution >= 0.6 is 0 Å². The minimum absolute atomic E-state index is 0. The van der Waals surface area contributed by atoms with Crippen molar-refractivity contribution in [3.8, 4) is 0 Å². The average Bonchev–Trinajstić information content (AvgIpc) is 2.97. The maximum atomic E-state index is 5.44. The number of epoxide rings is 1. The maximum Gasteiger partial charge on any atom is 0.147 e. The SMILES string of the molecule is C=CCNC1(Cc2ccccc2)CO1.[HH]. The largest absolute Gasteiger partial charge is 0.353 e. The standard InChI is InChI=1S/C12H15NO.H2/c1-2-8-13-12(10-14-12)9-11-6-4-3-5-7-11;/h2-7,13H,1,8-10H2;1H. The van der Waals surface area contributed by atoms with E-state index in [1.807, 2.05) is 12.1 Å². The second-order valence-electron chi connectivity index (χ2n) is 3.61. The number of ether oxygens (including phenoxy) is 1. The van der Waals surface area contributed by atoms with E-state index in [1.165, 1.54) is 5.56 Å². The molecule has 2 heteroatoms. The zero-order chi connectivity index (χ0) is 9.86. The summed E-state index contributed by atoms with van der Waals surface area (Å²) in [6.45, 7) is 5.28. The molecule has 1 N–H and O–H groups in total. The topological polar surface area (TPSA) is 24.6 Å². The Morgan fingerprint density at radius 2 is 2.21 bits per heavy atom. The molecule has 1 aliphatic rings. The first kappa shape index (κ1) is 9.44. The van der Waals surface area contributed by atoms with E-state index < -0.39 is 0 Å². The van der Waals surface area contributed by atoms with Gasteiger partial charge in [-0.05, 0) is 5.56 Å². The second-order valence-corrected chi connectivity index (χ2v) is 3.61. The molecule has 2 nitrogen and oxygen atoms in total. The van der Waals surface area contributed by atoms with Gasteiger partial charge in [-0.3, -0.25) is 5.32 Å². The van der Waals surface area contributed by atoms with Crippen molar-refractivity contribution in [1.29, 1.82) is 0 Å². The van der Waals surface area contributed by atoms with Gasteiger partial charge in [0.15, 0.2) is 0 Å². The van der Waals surface area contributed by atoms with Crippen molar-refractivity contribution in [1.82, 2.24) is 5.32 Å². The Balaban J connectivity index is 0.00000112. The molecule has 0 saturated carbocycles. The molecule has 14 heavy (non-hydrogen) atoms. The third kappa shape index (κ3) is 2.22. The van der Waals surface area contributed by atoms with E-state index in [9.17, 15) is 0 Å². The predicted molar refractivity (Wildman–Crippen MR) is 59.1 cm³/mol. The van der Waals surface area contributed by atoms with Crippen LogP contribution in [-0.2, 0) is 11.2 Å². The lowest BCUT2D eigenvalue weighted by atomic mass is 10.1. The molecule has 0 aliphatic carbocycles. The molecule has 0 spiro atoms. The van der Waals surface area contributed by atoms with Gasteiger partial charge >= 0.3 is 0 Å². The normalized spacial score (nSPS) is 24.6. The number of rotatable bonds is 5. The summed E-state index contributed by atoms with van der Waals surface area (Å²) in [4.78, 5) is 0. The third-order valence-corrected chi connectivity index (χ3v) is 2.39. The molecule has 2 rings (SSSR count). The van der Waals surface area contributed by atoms with Gasteiger partial charge in [0.05, 0.1) is 6.61 Å². The highest BCUT2D eigenvalue weighted by atomic mass is 16.6. The minimum Gasteiger partial charge on any atom is -0.353 e. The molecule has 1 saturated heterocycles. The fraction of sp³-hybridized carbons (Fsp3) is 0.333. The lowest BCUT2D eigenvalue weighted by molar-refractivity contribution is 0.261. The molecule has 1 heterocycles. The Bertz CT molecular complexity index is 309. The highest BCUT2D eigenvalue weighted by Gasteiger charge is 2.43. The molecule has 1 unspecified atom stereocenters. The Kier molecular flexibility index (Phi) is 2.66. The minimum atomic E-state index is -0.116. The molecule has 0 amide bonds. The van der Waals surface area contributed by atoms with Gasteiger partial charge in [-0.2, -0.15) is 0 Å². The predicted octanol–water partition coefficient (Wildman–Crippen LogP) is 1.98. The molecule has 1 atom stereocenters. The summed E-state index contributed by atoms with van der Waals surface area (Å²) in [6.07, 6.45) is 2.79. The lowest BCUT2D eigenvalue weighted by Crippen LogP contribution is -2.35. The summed E-state index contributed by atoms with van der Waals surface area (Å²) in [5, 5.41) is 3.33. The van der Waals surface area contributed by atoms with Crippen molar-refractivity contribution >= 4 is 0 Å². The number of hydrogen-bond acceptors (Lipinski definition) is 2. The smallest absolute Gasteiger partial charge is 0.147 e. The summed E-state index contributed by atoms with van der Waals surface area (Å²) >= 11 is 0. The van der Waals surface area contributed by atoms with Gasteiger partial charge < -0.3 is 4.74 Å². The van der Waals surface area contributed by atoms with Gasteiger partial charge in [0.25, 0.3) is 0 Å². The van der Waals surface area contributed by atoms with Gasteiger partial charge in [-0.25, -0.2) is 0 Å². The molecular weight excluding hydrogens is 174 g/mol. The molecule has 1 aliphatic heterocycles. The van der Waals surface area contributed by atoms with E-state index >= 15 is 0 Å². The van der Waals surface area contributed by atoms with Crippen molar-refractivity contribution < 1.29 is 6.16 Å². The monoisotopic (exact) mass is 191 g/mol. The Morgan fingerprint density at radius 3 is 2.79 bits per heavy atom. The first-order valence-corrected chi connectivity index (χ1v) is 4.88. The Labute approximate surface area is 86.1 Å². The van der Waals surface area contributed by atoms with Crippen molar-refractivity contribution in [3.05, 3.63) is 48.6 Å². The summed E-state index contributed by atoms with van der Waals surface area (Å²) in [5.74, 6) is 0. The molecule has 0 aromatic heterocycles. The van der Waals surface area contributed by atoms with Crippen LogP contribution < -0.4 is 5.32 Å². The zero-order valence-electron chi connectivity index (χ0n) is 8.20. The zero-order valence-corrected chi connectivity index (χ0v) is 8.20. The molecule has 1 aromatic carbocycles. The van der Waals surface area contributed by atoms with Crippen LogP contribution in [0.1, 0.15) is 6.99 Å².